The molecule has 0 spiro atoms. The number of H-pyrrole nitrogens is 1. The Bertz CT molecular complexity index is 1280. The number of nitrogens with zero attached hydrogens (tertiary/aromatic N) is 1. The minimum atomic E-state index is -0.618. The predicted molar refractivity (Wildman–Crippen MR) is 118 cm³/mol. The number of benzene rings is 2. The highest BCUT2D eigenvalue weighted by molar-refractivity contribution is 6.22. The maximum absolute atomic E-state index is 12.9. The summed E-state index contributed by atoms with van der Waals surface area (Å²) in [6.45, 7) is 7.54. The number of carbonyl (C=O) groups is 3. The third-order valence-corrected chi connectivity index (χ3v) is 6.21. The summed E-state index contributed by atoms with van der Waals surface area (Å²) < 4.78 is 0. The van der Waals surface area contributed by atoms with E-state index in [0.29, 0.717) is 16.7 Å². The van der Waals surface area contributed by atoms with Crippen molar-refractivity contribution >= 4 is 28.6 Å². The van der Waals surface area contributed by atoms with Crippen LogP contribution >= 0.6 is 0 Å². The summed E-state index contributed by atoms with van der Waals surface area (Å²) in [6, 6.07) is 11.1. The Hall–Kier alpha value is -3.41. The second kappa shape index (κ2) is 6.54. The van der Waals surface area contributed by atoms with Gasteiger partial charge in [-0.3, -0.25) is 19.3 Å². The molecule has 3 amide bonds. The van der Waals surface area contributed by atoms with Crippen LogP contribution in [-0.2, 0) is 12.8 Å². The van der Waals surface area contributed by atoms with Crippen molar-refractivity contribution in [1.29, 1.82) is 0 Å². The zero-order valence-corrected chi connectivity index (χ0v) is 18.1. The molecule has 6 heteroatoms. The van der Waals surface area contributed by atoms with Crippen LogP contribution < -0.4 is 5.32 Å². The number of carbonyl (C=O) groups excluding carboxylic acids is 3. The zero-order valence-electron chi connectivity index (χ0n) is 18.1. The molecule has 3 aromatic rings. The fourth-order valence-electron chi connectivity index (χ4n) is 4.75. The lowest BCUT2D eigenvalue weighted by atomic mass is 10.0. The van der Waals surface area contributed by atoms with Crippen LogP contribution in [0.25, 0.3) is 10.9 Å². The molecule has 158 valence electrons. The van der Waals surface area contributed by atoms with Crippen LogP contribution in [0.2, 0.25) is 0 Å². The highest BCUT2D eigenvalue weighted by Gasteiger charge is 2.42. The Morgan fingerprint density at radius 3 is 2.52 bits per heavy atom. The minimum Gasteiger partial charge on any atom is -0.358 e. The van der Waals surface area contributed by atoms with Gasteiger partial charge in [0.1, 0.15) is 0 Å². The molecule has 1 unspecified atom stereocenters. The van der Waals surface area contributed by atoms with E-state index >= 15 is 0 Å². The summed E-state index contributed by atoms with van der Waals surface area (Å²) in [4.78, 5) is 43.1. The Labute approximate surface area is 180 Å². The molecule has 2 heterocycles. The van der Waals surface area contributed by atoms with Crippen molar-refractivity contribution in [3.05, 3.63) is 69.9 Å². The van der Waals surface area contributed by atoms with E-state index in [1.165, 1.54) is 27.1 Å². The van der Waals surface area contributed by atoms with Gasteiger partial charge in [0.05, 0.1) is 11.1 Å². The fraction of sp³-hybridized carbons (Fsp3) is 0.320. The van der Waals surface area contributed by atoms with Gasteiger partial charge < -0.3 is 10.3 Å². The van der Waals surface area contributed by atoms with Crippen LogP contribution in [0.15, 0.2) is 36.4 Å². The van der Waals surface area contributed by atoms with Crippen LogP contribution in [0.3, 0.4) is 0 Å². The molecule has 2 aromatic carbocycles. The van der Waals surface area contributed by atoms with Gasteiger partial charge in [-0.15, -0.1) is 0 Å². The summed E-state index contributed by atoms with van der Waals surface area (Å²) in [5, 5.41) is 4.32. The van der Waals surface area contributed by atoms with E-state index in [4.69, 9.17) is 0 Å². The molecule has 31 heavy (non-hydrogen) atoms. The molecule has 1 atom stereocenters. The van der Waals surface area contributed by atoms with Crippen molar-refractivity contribution < 1.29 is 14.4 Å². The average Bonchev–Trinajstić information content (AvgIpc) is 3.31. The first-order valence-electron chi connectivity index (χ1n) is 10.6. The number of aryl methyl sites for hydroxylation is 1. The van der Waals surface area contributed by atoms with Crippen LogP contribution in [0.5, 0.6) is 0 Å². The summed E-state index contributed by atoms with van der Waals surface area (Å²) in [5.74, 6) is -0.886. The van der Waals surface area contributed by atoms with Crippen LogP contribution in [0.4, 0.5) is 0 Å². The molecule has 0 radical (unpaired) electrons. The number of imide groups is 1. The summed E-state index contributed by atoms with van der Waals surface area (Å²) in [5.41, 5.74) is 5.20. The van der Waals surface area contributed by atoms with E-state index in [1.54, 1.807) is 18.2 Å². The quantitative estimate of drug-likeness (QED) is 0.625. The largest absolute Gasteiger partial charge is 0.358 e. The maximum atomic E-state index is 12.9. The number of rotatable bonds is 2. The highest BCUT2D eigenvalue weighted by atomic mass is 16.2. The van der Waals surface area contributed by atoms with Gasteiger partial charge in [-0.25, -0.2) is 0 Å². The van der Waals surface area contributed by atoms with E-state index in [2.05, 4.69) is 35.4 Å². The topological polar surface area (TPSA) is 82.3 Å². The van der Waals surface area contributed by atoms with Crippen molar-refractivity contribution in [2.45, 2.75) is 52.1 Å². The van der Waals surface area contributed by atoms with E-state index < -0.39 is 5.54 Å². The molecule has 1 aliphatic heterocycles. The van der Waals surface area contributed by atoms with Crippen molar-refractivity contribution in [3.8, 4) is 0 Å². The lowest BCUT2D eigenvalue weighted by Gasteiger charge is -2.29. The van der Waals surface area contributed by atoms with Gasteiger partial charge in [0.2, 0.25) is 0 Å². The van der Waals surface area contributed by atoms with E-state index in [9.17, 15) is 14.4 Å². The second-order valence-corrected chi connectivity index (χ2v) is 9.59. The Kier molecular flexibility index (Phi) is 4.13. The molecule has 1 aromatic heterocycles. The zero-order chi connectivity index (χ0) is 22.1. The molecule has 6 nitrogen and oxygen atoms in total. The number of hydrogen-bond donors (Lipinski definition) is 2. The maximum Gasteiger partial charge on any atom is 0.262 e. The summed E-state index contributed by atoms with van der Waals surface area (Å²) >= 11 is 0. The molecule has 0 saturated carbocycles. The van der Waals surface area contributed by atoms with Crippen molar-refractivity contribution in [1.82, 2.24) is 15.2 Å². The number of nitrogens with one attached hydrogen (secondary N) is 2. The van der Waals surface area contributed by atoms with Crippen LogP contribution in [0.1, 0.15) is 68.7 Å². The van der Waals surface area contributed by atoms with Gasteiger partial charge in [-0.05, 0) is 70.0 Å². The smallest absolute Gasteiger partial charge is 0.262 e. The number of hydrogen-bond acceptors (Lipinski definition) is 3. The molecule has 5 rings (SSSR count). The Morgan fingerprint density at radius 2 is 1.77 bits per heavy atom. The van der Waals surface area contributed by atoms with Gasteiger partial charge in [-0.1, -0.05) is 11.6 Å². The molecule has 1 aliphatic carbocycles. The number of fused-ring (bicyclic) bond motifs is 4. The minimum absolute atomic E-state index is 0.00433. The number of aromatic amines is 1. The van der Waals surface area contributed by atoms with Crippen molar-refractivity contribution in [2.24, 2.45) is 0 Å². The monoisotopic (exact) mass is 415 g/mol. The van der Waals surface area contributed by atoms with Crippen molar-refractivity contribution in [2.75, 3.05) is 0 Å². The number of aromatic nitrogens is 1. The van der Waals surface area contributed by atoms with Gasteiger partial charge >= 0.3 is 0 Å². The lowest BCUT2D eigenvalue weighted by Crippen LogP contribution is -2.45. The van der Waals surface area contributed by atoms with Crippen LogP contribution in [-0.4, -0.2) is 39.2 Å². The SMILES string of the molecule is Cc1ccc2[nH]c3c(c2c1)CC(NC(=O)c1ccc2c(c1)C(=O)N(C(C)(C)C)C2=O)C3. The molecular formula is C25H25N3O3. The standard InChI is InChI=1S/C25H25N3O3/c1-13-5-8-20-17(9-13)18-11-15(12-21(18)27-20)26-22(29)14-6-7-16-19(10-14)24(31)28(23(16)30)25(2,3)4/h5-10,15,27H,11-12H2,1-4H3,(H,26,29). The van der Waals surface area contributed by atoms with E-state index in [1.807, 2.05) is 20.8 Å². The second-order valence-electron chi connectivity index (χ2n) is 9.59. The van der Waals surface area contributed by atoms with E-state index in [0.717, 1.165) is 18.4 Å². The third kappa shape index (κ3) is 3.05. The molecule has 2 aliphatic rings. The Balaban J connectivity index is 1.35. The van der Waals surface area contributed by atoms with Gasteiger partial charge in [0, 0.05) is 40.2 Å². The molecule has 2 N–H and O–H groups in total. The van der Waals surface area contributed by atoms with Gasteiger partial charge in [0.25, 0.3) is 17.7 Å². The summed E-state index contributed by atoms with van der Waals surface area (Å²) in [6.07, 6.45) is 1.51. The average molecular weight is 415 g/mol. The first-order chi connectivity index (χ1) is 14.6. The Morgan fingerprint density at radius 1 is 1.03 bits per heavy atom. The predicted octanol–water partition coefficient (Wildman–Crippen LogP) is 3.77. The van der Waals surface area contributed by atoms with Gasteiger partial charge in [0.15, 0.2) is 0 Å². The highest BCUT2D eigenvalue weighted by Crippen LogP contribution is 2.32. The number of amides is 3. The first-order valence-corrected chi connectivity index (χ1v) is 10.6. The van der Waals surface area contributed by atoms with Crippen molar-refractivity contribution in [3.63, 3.8) is 0 Å². The fourth-order valence-corrected chi connectivity index (χ4v) is 4.75. The molecule has 0 bridgehead atoms. The van der Waals surface area contributed by atoms with Gasteiger partial charge in [-0.2, -0.15) is 0 Å². The molecule has 0 saturated heterocycles. The lowest BCUT2D eigenvalue weighted by molar-refractivity contribution is 0.0507. The van der Waals surface area contributed by atoms with Crippen LogP contribution in [0, 0.1) is 6.92 Å². The normalized spacial score (nSPS) is 17.9. The summed E-state index contributed by atoms with van der Waals surface area (Å²) in [7, 11) is 0. The van der Waals surface area contributed by atoms with E-state index in [-0.39, 0.29) is 23.8 Å². The molecule has 0 fully saturated rings. The first kappa shape index (κ1) is 19.5. The third-order valence-electron chi connectivity index (χ3n) is 6.21. The molecular weight excluding hydrogens is 390 g/mol.